The lowest BCUT2D eigenvalue weighted by atomic mass is 9.98. The summed E-state index contributed by atoms with van der Waals surface area (Å²) in [5.41, 5.74) is 6.69. The van der Waals surface area contributed by atoms with Crippen LogP contribution in [0.3, 0.4) is 0 Å². The molecule has 21 heavy (non-hydrogen) atoms. The molecule has 1 aliphatic rings. The average Bonchev–Trinajstić information content (AvgIpc) is 2.95. The summed E-state index contributed by atoms with van der Waals surface area (Å²) in [4.78, 5) is 14.9. The van der Waals surface area contributed by atoms with Crippen LogP contribution in [-0.2, 0) is 0 Å². The highest BCUT2D eigenvalue weighted by atomic mass is 16.6. The fourth-order valence-electron chi connectivity index (χ4n) is 3.00. The van der Waals surface area contributed by atoms with Gasteiger partial charge in [-0.25, -0.2) is 4.98 Å². The van der Waals surface area contributed by atoms with Gasteiger partial charge in [-0.15, -0.1) is 0 Å². The van der Waals surface area contributed by atoms with Gasteiger partial charge in [0.1, 0.15) is 5.82 Å². The Morgan fingerprint density at radius 1 is 1.29 bits per heavy atom. The minimum Gasteiger partial charge on any atom is -0.363 e. The fourth-order valence-corrected chi connectivity index (χ4v) is 3.00. The van der Waals surface area contributed by atoms with E-state index in [4.69, 9.17) is 5.73 Å². The van der Waals surface area contributed by atoms with E-state index in [2.05, 4.69) is 10.3 Å². The first-order chi connectivity index (χ1) is 10.1. The number of pyridine rings is 1. The fraction of sp³-hybridized carbons (Fsp3) is 0.400. The number of nitro benzene ring substituents is 1. The van der Waals surface area contributed by atoms with E-state index < -0.39 is 4.92 Å². The summed E-state index contributed by atoms with van der Waals surface area (Å²) in [5.74, 6) is 0.781. The van der Waals surface area contributed by atoms with Crippen LogP contribution in [0.25, 0.3) is 10.9 Å². The topological polar surface area (TPSA) is 94.1 Å². The van der Waals surface area contributed by atoms with Gasteiger partial charge in [-0.1, -0.05) is 12.8 Å². The molecular weight excluding hydrogens is 268 g/mol. The molecule has 1 heterocycles. The second-order valence-electron chi connectivity index (χ2n) is 5.65. The molecule has 0 atom stereocenters. The van der Waals surface area contributed by atoms with E-state index in [9.17, 15) is 10.1 Å². The number of nitrogens with one attached hydrogen (secondary N) is 1. The van der Waals surface area contributed by atoms with Crippen molar-refractivity contribution in [2.75, 3.05) is 11.9 Å². The SMILES string of the molecule is NCC1(Nc2ccc3cc([N+](=O)[O-])ccc3n2)CCCC1. The zero-order valence-corrected chi connectivity index (χ0v) is 11.7. The highest BCUT2D eigenvalue weighted by Gasteiger charge is 2.32. The van der Waals surface area contributed by atoms with Crippen molar-refractivity contribution >= 4 is 22.4 Å². The zero-order chi connectivity index (χ0) is 14.9. The number of benzene rings is 1. The van der Waals surface area contributed by atoms with Gasteiger partial charge in [-0.05, 0) is 31.0 Å². The lowest BCUT2D eigenvalue weighted by molar-refractivity contribution is -0.384. The zero-order valence-electron chi connectivity index (χ0n) is 11.7. The molecule has 3 N–H and O–H groups in total. The van der Waals surface area contributed by atoms with Crippen molar-refractivity contribution in [1.82, 2.24) is 4.98 Å². The number of hydrogen-bond acceptors (Lipinski definition) is 5. The van der Waals surface area contributed by atoms with E-state index in [1.165, 1.54) is 18.9 Å². The molecule has 0 bridgehead atoms. The van der Waals surface area contributed by atoms with Gasteiger partial charge in [0.25, 0.3) is 5.69 Å². The number of hydrogen-bond donors (Lipinski definition) is 2. The van der Waals surface area contributed by atoms with Crippen LogP contribution < -0.4 is 11.1 Å². The molecular formula is C15H18N4O2. The third-order valence-corrected chi connectivity index (χ3v) is 4.23. The Kier molecular flexibility index (Phi) is 3.47. The quantitative estimate of drug-likeness (QED) is 0.665. The first-order valence-corrected chi connectivity index (χ1v) is 7.15. The van der Waals surface area contributed by atoms with Gasteiger partial charge >= 0.3 is 0 Å². The molecule has 6 heteroatoms. The largest absolute Gasteiger partial charge is 0.363 e. The third kappa shape index (κ3) is 2.67. The second kappa shape index (κ2) is 5.29. The van der Waals surface area contributed by atoms with E-state index in [0.29, 0.717) is 6.54 Å². The molecule has 1 fully saturated rings. The molecule has 0 unspecified atom stereocenters. The van der Waals surface area contributed by atoms with Crippen molar-refractivity contribution in [2.24, 2.45) is 5.73 Å². The maximum atomic E-state index is 10.8. The molecule has 1 aromatic carbocycles. The molecule has 0 radical (unpaired) electrons. The second-order valence-corrected chi connectivity index (χ2v) is 5.65. The normalized spacial score (nSPS) is 17.0. The van der Waals surface area contributed by atoms with Gasteiger partial charge in [0, 0.05) is 24.1 Å². The lowest BCUT2D eigenvalue weighted by Gasteiger charge is -2.29. The summed E-state index contributed by atoms with van der Waals surface area (Å²) in [6, 6.07) is 8.43. The number of nitro groups is 1. The smallest absolute Gasteiger partial charge is 0.270 e. The molecule has 0 aliphatic heterocycles. The van der Waals surface area contributed by atoms with Gasteiger partial charge in [-0.2, -0.15) is 0 Å². The number of rotatable bonds is 4. The Hall–Kier alpha value is -2.21. The Bertz CT molecular complexity index is 680. The molecule has 2 aromatic rings. The highest BCUT2D eigenvalue weighted by Crippen LogP contribution is 2.32. The van der Waals surface area contributed by atoms with Crippen LogP contribution >= 0.6 is 0 Å². The van der Waals surface area contributed by atoms with Crippen LogP contribution in [0.2, 0.25) is 0 Å². The van der Waals surface area contributed by atoms with Crippen molar-refractivity contribution < 1.29 is 4.92 Å². The number of anilines is 1. The van der Waals surface area contributed by atoms with Gasteiger partial charge in [0.2, 0.25) is 0 Å². The molecule has 1 aliphatic carbocycles. The third-order valence-electron chi connectivity index (χ3n) is 4.23. The van der Waals surface area contributed by atoms with Crippen molar-refractivity contribution in [3.05, 3.63) is 40.4 Å². The number of non-ortho nitro benzene ring substituents is 1. The lowest BCUT2D eigenvalue weighted by Crippen LogP contribution is -2.43. The van der Waals surface area contributed by atoms with E-state index in [1.807, 2.05) is 12.1 Å². The Morgan fingerprint density at radius 2 is 2.05 bits per heavy atom. The maximum Gasteiger partial charge on any atom is 0.270 e. The first-order valence-electron chi connectivity index (χ1n) is 7.15. The summed E-state index contributed by atoms with van der Waals surface area (Å²) >= 11 is 0. The maximum absolute atomic E-state index is 10.8. The first kappa shape index (κ1) is 13.8. The molecule has 0 saturated heterocycles. The van der Waals surface area contributed by atoms with Gasteiger partial charge < -0.3 is 11.1 Å². The van der Waals surface area contributed by atoms with E-state index in [1.54, 1.807) is 12.1 Å². The monoisotopic (exact) mass is 286 g/mol. The predicted molar refractivity (Wildman–Crippen MR) is 82.3 cm³/mol. The number of fused-ring (bicyclic) bond motifs is 1. The number of aromatic nitrogens is 1. The Balaban J connectivity index is 1.90. The van der Waals surface area contributed by atoms with E-state index in [-0.39, 0.29) is 11.2 Å². The molecule has 3 rings (SSSR count). The average molecular weight is 286 g/mol. The van der Waals surface area contributed by atoms with Crippen molar-refractivity contribution in [3.8, 4) is 0 Å². The number of nitrogens with two attached hydrogens (primary N) is 1. The van der Waals surface area contributed by atoms with Gasteiger partial charge in [0.15, 0.2) is 0 Å². The van der Waals surface area contributed by atoms with Crippen LogP contribution in [0.5, 0.6) is 0 Å². The summed E-state index contributed by atoms with van der Waals surface area (Å²) in [7, 11) is 0. The standard InChI is InChI=1S/C15H18N4O2/c16-10-15(7-1-2-8-15)18-14-6-3-11-9-12(19(20)21)4-5-13(11)17-14/h3-6,9H,1-2,7-8,10,16H2,(H,17,18). The molecule has 6 nitrogen and oxygen atoms in total. The molecule has 110 valence electrons. The highest BCUT2D eigenvalue weighted by molar-refractivity contribution is 5.82. The van der Waals surface area contributed by atoms with Crippen LogP contribution in [0.15, 0.2) is 30.3 Å². The Morgan fingerprint density at radius 3 is 2.71 bits per heavy atom. The minimum atomic E-state index is -0.395. The summed E-state index contributed by atoms with van der Waals surface area (Å²) in [5, 5.41) is 15.0. The molecule has 0 spiro atoms. The number of nitrogens with zero attached hydrogens (tertiary/aromatic N) is 2. The van der Waals surface area contributed by atoms with Gasteiger partial charge in [0.05, 0.1) is 16.0 Å². The van der Waals surface area contributed by atoms with Crippen LogP contribution in [-0.4, -0.2) is 22.0 Å². The Labute approximate surface area is 122 Å². The minimum absolute atomic E-state index is 0.0541. The van der Waals surface area contributed by atoms with Gasteiger partial charge in [-0.3, -0.25) is 10.1 Å². The van der Waals surface area contributed by atoms with E-state index >= 15 is 0 Å². The molecule has 1 aromatic heterocycles. The van der Waals surface area contributed by atoms with Crippen LogP contribution in [0.4, 0.5) is 11.5 Å². The summed E-state index contributed by atoms with van der Waals surface area (Å²) in [6.45, 7) is 0.590. The van der Waals surface area contributed by atoms with Crippen molar-refractivity contribution in [1.29, 1.82) is 0 Å². The van der Waals surface area contributed by atoms with Crippen molar-refractivity contribution in [3.63, 3.8) is 0 Å². The van der Waals surface area contributed by atoms with Crippen molar-refractivity contribution in [2.45, 2.75) is 31.2 Å². The van der Waals surface area contributed by atoms with Crippen LogP contribution in [0.1, 0.15) is 25.7 Å². The van der Waals surface area contributed by atoms with E-state index in [0.717, 1.165) is 29.6 Å². The molecule has 0 amide bonds. The molecule has 1 saturated carbocycles. The summed E-state index contributed by atoms with van der Waals surface area (Å²) in [6.07, 6.45) is 4.49. The van der Waals surface area contributed by atoms with Crippen LogP contribution in [0, 0.1) is 10.1 Å². The summed E-state index contributed by atoms with van der Waals surface area (Å²) < 4.78 is 0. The predicted octanol–water partition coefficient (Wildman–Crippen LogP) is 2.83.